The maximum absolute atomic E-state index is 6.04. The molecule has 0 unspecified atom stereocenters. The van der Waals surface area contributed by atoms with E-state index < -0.39 is 0 Å². The molecule has 3 nitrogen and oxygen atoms in total. The SMILES string of the molecule is COc1cc(-c2ccc(Cl)c(Cl)c2)ccc1OCCN. The van der Waals surface area contributed by atoms with Crippen LogP contribution in [0.2, 0.25) is 10.0 Å². The monoisotopic (exact) mass is 311 g/mol. The number of hydrogen-bond donors (Lipinski definition) is 1. The van der Waals surface area contributed by atoms with E-state index in [4.69, 9.17) is 38.4 Å². The fourth-order valence-electron chi connectivity index (χ4n) is 1.81. The number of halogens is 2. The number of rotatable bonds is 5. The van der Waals surface area contributed by atoms with Gasteiger partial charge in [0.15, 0.2) is 11.5 Å². The molecule has 20 heavy (non-hydrogen) atoms. The van der Waals surface area contributed by atoms with E-state index in [2.05, 4.69) is 0 Å². The van der Waals surface area contributed by atoms with Gasteiger partial charge in [0.2, 0.25) is 0 Å². The molecule has 0 aliphatic carbocycles. The summed E-state index contributed by atoms with van der Waals surface area (Å²) in [7, 11) is 1.60. The number of methoxy groups -OCH3 is 1. The van der Waals surface area contributed by atoms with Crippen LogP contribution in [0.1, 0.15) is 0 Å². The van der Waals surface area contributed by atoms with Crippen LogP contribution in [0.4, 0.5) is 0 Å². The van der Waals surface area contributed by atoms with E-state index in [1.54, 1.807) is 13.2 Å². The summed E-state index contributed by atoms with van der Waals surface area (Å²) >= 11 is 12.0. The Morgan fingerprint density at radius 3 is 2.30 bits per heavy atom. The molecular formula is C15H15Cl2NO2. The van der Waals surface area contributed by atoms with E-state index in [0.29, 0.717) is 34.7 Å². The Morgan fingerprint density at radius 2 is 1.65 bits per heavy atom. The Morgan fingerprint density at radius 1 is 0.950 bits per heavy atom. The Kier molecular flexibility index (Phi) is 5.12. The highest BCUT2D eigenvalue weighted by molar-refractivity contribution is 6.42. The quantitative estimate of drug-likeness (QED) is 0.907. The molecule has 0 amide bonds. The molecule has 0 saturated heterocycles. The van der Waals surface area contributed by atoms with E-state index in [1.165, 1.54) is 0 Å². The van der Waals surface area contributed by atoms with E-state index in [0.717, 1.165) is 11.1 Å². The number of benzene rings is 2. The van der Waals surface area contributed by atoms with E-state index in [-0.39, 0.29) is 0 Å². The summed E-state index contributed by atoms with van der Waals surface area (Å²) in [4.78, 5) is 0. The maximum atomic E-state index is 6.04. The van der Waals surface area contributed by atoms with Gasteiger partial charge >= 0.3 is 0 Å². The summed E-state index contributed by atoms with van der Waals surface area (Å²) in [6.07, 6.45) is 0. The van der Waals surface area contributed by atoms with Crippen molar-refractivity contribution in [2.24, 2.45) is 5.73 Å². The van der Waals surface area contributed by atoms with Gasteiger partial charge in [0.1, 0.15) is 6.61 Å². The lowest BCUT2D eigenvalue weighted by atomic mass is 10.1. The van der Waals surface area contributed by atoms with Crippen molar-refractivity contribution in [3.63, 3.8) is 0 Å². The van der Waals surface area contributed by atoms with Crippen molar-refractivity contribution in [2.45, 2.75) is 0 Å². The average Bonchev–Trinajstić information content (AvgIpc) is 2.47. The number of ether oxygens (including phenoxy) is 2. The van der Waals surface area contributed by atoms with Gasteiger partial charge in [0.05, 0.1) is 17.2 Å². The van der Waals surface area contributed by atoms with Gasteiger partial charge in [0, 0.05) is 6.54 Å². The molecule has 0 atom stereocenters. The van der Waals surface area contributed by atoms with Gasteiger partial charge in [-0.05, 0) is 35.4 Å². The second kappa shape index (κ2) is 6.84. The van der Waals surface area contributed by atoms with Gasteiger partial charge in [-0.3, -0.25) is 0 Å². The molecule has 0 aromatic heterocycles. The zero-order chi connectivity index (χ0) is 14.5. The normalized spacial score (nSPS) is 10.4. The first kappa shape index (κ1) is 15.0. The molecule has 5 heteroatoms. The molecular weight excluding hydrogens is 297 g/mol. The Hall–Kier alpha value is -1.42. The smallest absolute Gasteiger partial charge is 0.161 e. The van der Waals surface area contributed by atoms with Gasteiger partial charge in [-0.2, -0.15) is 0 Å². The van der Waals surface area contributed by atoms with Crippen LogP contribution in [-0.2, 0) is 0 Å². The van der Waals surface area contributed by atoms with Crippen molar-refractivity contribution in [3.8, 4) is 22.6 Å². The van der Waals surface area contributed by atoms with Crippen molar-refractivity contribution in [1.29, 1.82) is 0 Å². The topological polar surface area (TPSA) is 44.5 Å². The molecule has 2 aromatic carbocycles. The number of hydrogen-bond acceptors (Lipinski definition) is 3. The predicted molar refractivity (Wildman–Crippen MR) is 83.0 cm³/mol. The largest absolute Gasteiger partial charge is 0.493 e. The Balaban J connectivity index is 2.35. The van der Waals surface area contributed by atoms with Gasteiger partial charge in [-0.25, -0.2) is 0 Å². The first-order valence-electron chi connectivity index (χ1n) is 6.12. The van der Waals surface area contributed by atoms with Gasteiger partial charge in [-0.15, -0.1) is 0 Å². The van der Waals surface area contributed by atoms with Gasteiger partial charge in [0.25, 0.3) is 0 Å². The third-order valence-electron chi connectivity index (χ3n) is 2.79. The molecule has 0 aliphatic rings. The highest BCUT2D eigenvalue weighted by Crippen LogP contribution is 2.34. The fraction of sp³-hybridized carbons (Fsp3) is 0.200. The highest BCUT2D eigenvalue weighted by Gasteiger charge is 2.08. The van der Waals surface area contributed by atoms with Crippen molar-refractivity contribution >= 4 is 23.2 Å². The molecule has 0 spiro atoms. The molecule has 0 heterocycles. The van der Waals surface area contributed by atoms with Crippen LogP contribution in [0.5, 0.6) is 11.5 Å². The molecule has 0 radical (unpaired) electrons. The second-order valence-electron chi connectivity index (χ2n) is 4.13. The van der Waals surface area contributed by atoms with Crippen LogP contribution in [-0.4, -0.2) is 20.3 Å². The lowest BCUT2D eigenvalue weighted by Gasteiger charge is -2.12. The third-order valence-corrected chi connectivity index (χ3v) is 3.53. The summed E-state index contributed by atoms with van der Waals surface area (Å²) < 4.78 is 10.8. The van der Waals surface area contributed by atoms with Crippen LogP contribution >= 0.6 is 23.2 Å². The van der Waals surface area contributed by atoms with Crippen molar-refractivity contribution in [2.75, 3.05) is 20.3 Å². The molecule has 0 bridgehead atoms. The zero-order valence-corrected chi connectivity index (χ0v) is 12.5. The van der Waals surface area contributed by atoms with Gasteiger partial charge < -0.3 is 15.2 Å². The van der Waals surface area contributed by atoms with Crippen LogP contribution in [0, 0.1) is 0 Å². The molecule has 0 fully saturated rings. The molecule has 106 valence electrons. The minimum Gasteiger partial charge on any atom is -0.493 e. The van der Waals surface area contributed by atoms with Crippen molar-refractivity contribution in [3.05, 3.63) is 46.4 Å². The van der Waals surface area contributed by atoms with Crippen molar-refractivity contribution in [1.82, 2.24) is 0 Å². The Labute approximate surface area is 128 Å². The number of nitrogens with two attached hydrogens (primary N) is 1. The minimum atomic E-state index is 0.447. The molecule has 0 aliphatic heterocycles. The molecule has 2 N–H and O–H groups in total. The molecule has 2 aromatic rings. The first-order valence-corrected chi connectivity index (χ1v) is 6.87. The maximum Gasteiger partial charge on any atom is 0.161 e. The van der Waals surface area contributed by atoms with Crippen LogP contribution in [0.15, 0.2) is 36.4 Å². The third kappa shape index (κ3) is 3.37. The minimum absolute atomic E-state index is 0.447. The van der Waals surface area contributed by atoms with E-state index in [1.807, 2.05) is 30.3 Å². The average molecular weight is 312 g/mol. The van der Waals surface area contributed by atoms with E-state index >= 15 is 0 Å². The summed E-state index contributed by atoms with van der Waals surface area (Å²) in [5, 5.41) is 1.05. The van der Waals surface area contributed by atoms with Crippen LogP contribution < -0.4 is 15.2 Å². The summed E-state index contributed by atoms with van der Waals surface area (Å²) in [6, 6.07) is 11.2. The molecule has 2 rings (SSSR count). The predicted octanol–water partition coefficient (Wildman–Crippen LogP) is 4.01. The van der Waals surface area contributed by atoms with Crippen molar-refractivity contribution < 1.29 is 9.47 Å². The summed E-state index contributed by atoms with van der Waals surface area (Å²) in [6.45, 7) is 0.903. The zero-order valence-electron chi connectivity index (χ0n) is 11.0. The van der Waals surface area contributed by atoms with Crippen LogP contribution in [0.25, 0.3) is 11.1 Å². The first-order chi connectivity index (χ1) is 9.65. The van der Waals surface area contributed by atoms with Gasteiger partial charge in [-0.1, -0.05) is 35.3 Å². The lowest BCUT2D eigenvalue weighted by Crippen LogP contribution is -2.11. The highest BCUT2D eigenvalue weighted by atomic mass is 35.5. The lowest BCUT2D eigenvalue weighted by molar-refractivity contribution is 0.302. The van der Waals surface area contributed by atoms with E-state index in [9.17, 15) is 0 Å². The fourth-order valence-corrected chi connectivity index (χ4v) is 2.11. The standard InChI is InChI=1S/C15H15Cl2NO2/c1-19-15-9-11(3-5-14(15)20-7-6-18)10-2-4-12(16)13(17)8-10/h2-5,8-9H,6-7,18H2,1H3. The Bertz CT molecular complexity index is 602. The second-order valence-corrected chi connectivity index (χ2v) is 4.95. The summed E-state index contributed by atoms with van der Waals surface area (Å²) in [5.41, 5.74) is 7.36. The van der Waals surface area contributed by atoms with Crippen LogP contribution in [0.3, 0.4) is 0 Å². The summed E-state index contributed by atoms with van der Waals surface area (Å²) in [5.74, 6) is 1.32. The molecule has 0 saturated carbocycles.